The number of benzene rings is 2. The van der Waals surface area contributed by atoms with Crippen LogP contribution in [0.4, 0.5) is 0 Å². The average molecular weight is 311 g/mol. The van der Waals surface area contributed by atoms with Gasteiger partial charge in [0, 0.05) is 16.2 Å². The molecule has 116 valence electrons. The molecule has 2 aromatic rings. The Morgan fingerprint density at radius 3 is 2.50 bits per heavy atom. The van der Waals surface area contributed by atoms with E-state index in [9.17, 15) is 0 Å². The number of hydrogen-bond donors (Lipinski definition) is 1. The third-order valence-corrected chi connectivity index (χ3v) is 5.68. The molecule has 1 N–H and O–H groups in total. The number of nitrogens with one attached hydrogen (secondary N) is 1. The number of rotatable bonds is 5. The second-order valence-corrected chi connectivity index (χ2v) is 7.49. The highest BCUT2D eigenvalue weighted by atomic mass is 32.2. The third kappa shape index (κ3) is 4.37. The second-order valence-electron chi connectivity index (χ2n) is 6.21. The maximum atomic E-state index is 3.70. The molecule has 1 nitrogen and oxygen atoms in total. The molecule has 0 aliphatic carbocycles. The van der Waals surface area contributed by atoms with Crippen LogP contribution in [0.25, 0.3) is 0 Å². The number of hydrogen-bond acceptors (Lipinski definition) is 2. The minimum Gasteiger partial charge on any atom is -0.314 e. The molecule has 0 radical (unpaired) electrons. The largest absolute Gasteiger partial charge is 0.314 e. The van der Waals surface area contributed by atoms with Crippen LogP contribution in [-0.2, 0) is 0 Å². The Bertz CT molecular complexity index is 558. The van der Waals surface area contributed by atoms with Crippen LogP contribution in [0.3, 0.4) is 0 Å². The molecular weight excluding hydrogens is 286 g/mol. The van der Waals surface area contributed by atoms with Crippen molar-refractivity contribution in [2.45, 2.75) is 48.8 Å². The Balaban J connectivity index is 1.74. The minimum atomic E-state index is 0.527. The normalized spacial score (nSPS) is 19.8. The van der Waals surface area contributed by atoms with Gasteiger partial charge in [0.05, 0.1) is 0 Å². The van der Waals surface area contributed by atoms with Gasteiger partial charge in [0.2, 0.25) is 0 Å². The summed E-state index contributed by atoms with van der Waals surface area (Å²) in [5.74, 6) is 0. The molecule has 0 spiro atoms. The van der Waals surface area contributed by atoms with Crippen LogP contribution in [0.2, 0.25) is 0 Å². The van der Waals surface area contributed by atoms with E-state index in [1.165, 1.54) is 48.3 Å². The van der Waals surface area contributed by atoms with Crippen molar-refractivity contribution >= 4 is 11.8 Å². The van der Waals surface area contributed by atoms with E-state index >= 15 is 0 Å². The van der Waals surface area contributed by atoms with Gasteiger partial charge in [-0.1, -0.05) is 54.4 Å². The summed E-state index contributed by atoms with van der Waals surface area (Å²) in [6.07, 6.45) is 5.23. The van der Waals surface area contributed by atoms with Crippen molar-refractivity contribution in [3.8, 4) is 0 Å². The SMILES string of the molecule is Cc1ccc(SC(CC2CCCCN2)c2ccccc2)cc1. The zero-order valence-corrected chi connectivity index (χ0v) is 14.1. The first-order valence-corrected chi connectivity index (χ1v) is 9.21. The van der Waals surface area contributed by atoms with E-state index in [4.69, 9.17) is 0 Å². The molecule has 22 heavy (non-hydrogen) atoms. The lowest BCUT2D eigenvalue weighted by molar-refractivity contribution is 0.381. The Hall–Kier alpha value is -1.25. The van der Waals surface area contributed by atoms with Crippen LogP contribution in [-0.4, -0.2) is 12.6 Å². The van der Waals surface area contributed by atoms with Gasteiger partial charge in [0.1, 0.15) is 0 Å². The number of thioether (sulfide) groups is 1. The van der Waals surface area contributed by atoms with Gasteiger partial charge in [-0.2, -0.15) is 0 Å². The predicted molar refractivity (Wildman–Crippen MR) is 96.5 cm³/mol. The van der Waals surface area contributed by atoms with Gasteiger partial charge in [0.15, 0.2) is 0 Å². The highest BCUT2D eigenvalue weighted by molar-refractivity contribution is 7.99. The summed E-state index contributed by atoms with van der Waals surface area (Å²) < 4.78 is 0. The molecule has 0 aromatic heterocycles. The van der Waals surface area contributed by atoms with E-state index in [1.54, 1.807) is 0 Å². The molecule has 1 aliphatic heterocycles. The maximum absolute atomic E-state index is 3.70. The lowest BCUT2D eigenvalue weighted by Gasteiger charge is -2.28. The molecule has 0 amide bonds. The van der Waals surface area contributed by atoms with Gasteiger partial charge in [-0.15, -0.1) is 11.8 Å². The van der Waals surface area contributed by atoms with E-state index in [2.05, 4.69) is 66.8 Å². The predicted octanol–water partition coefficient (Wildman–Crippen LogP) is 5.36. The molecule has 0 saturated carbocycles. The van der Waals surface area contributed by atoms with Gasteiger partial charge < -0.3 is 5.32 Å². The van der Waals surface area contributed by atoms with E-state index in [0.717, 1.165) is 0 Å². The second kappa shape index (κ2) is 7.85. The summed E-state index contributed by atoms with van der Waals surface area (Å²) >= 11 is 2.00. The van der Waals surface area contributed by atoms with Crippen molar-refractivity contribution in [3.63, 3.8) is 0 Å². The smallest absolute Gasteiger partial charge is 0.0359 e. The summed E-state index contributed by atoms with van der Waals surface area (Å²) in [5, 5.41) is 4.23. The Kier molecular flexibility index (Phi) is 5.58. The van der Waals surface area contributed by atoms with Crippen molar-refractivity contribution in [1.82, 2.24) is 5.32 Å². The zero-order chi connectivity index (χ0) is 15.2. The molecule has 0 bridgehead atoms. The summed E-state index contributed by atoms with van der Waals surface area (Å²) in [6.45, 7) is 3.33. The zero-order valence-electron chi connectivity index (χ0n) is 13.3. The number of piperidine rings is 1. The lowest BCUT2D eigenvalue weighted by atomic mass is 9.97. The standard InChI is InChI=1S/C20H25NS/c1-16-10-12-19(13-11-16)22-20(17-7-3-2-4-8-17)15-18-9-5-6-14-21-18/h2-4,7-8,10-13,18,20-21H,5-6,9,14-15H2,1H3. The fourth-order valence-corrected chi connectivity index (χ4v) is 4.33. The first-order valence-electron chi connectivity index (χ1n) is 8.33. The van der Waals surface area contributed by atoms with E-state index in [1.807, 2.05) is 11.8 Å². The van der Waals surface area contributed by atoms with Crippen molar-refractivity contribution in [1.29, 1.82) is 0 Å². The molecule has 3 rings (SSSR count). The molecule has 2 aromatic carbocycles. The Labute approximate surface area is 138 Å². The Morgan fingerprint density at radius 2 is 1.82 bits per heavy atom. The van der Waals surface area contributed by atoms with Crippen molar-refractivity contribution < 1.29 is 0 Å². The van der Waals surface area contributed by atoms with Gasteiger partial charge >= 0.3 is 0 Å². The van der Waals surface area contributed by atoms with Crippen LogP contribution in [0.15, 0.2) is 59.5 Å². The lowest BCUT2D eigenvalue weighted by Crippen LogP contribution is -2.34. The Morgan fingerprint density at radius 1 is 1.05 bits per heavy atom. The molecule has 1 aliphatic rings. The summed E-state index contributed by atoms with van der Waals surface area (Å²) in [7, 11) is 0. The van der Waals surface area contributed by atoms with Crippen LogP contribution >= 0.6 is 11.8 Å². The quantitative estimate of drug-likeness (QED) is 0.746. The molecule has 1 heterocycles. The van der Waals surface area contributed by atoms with Crippen LogP contribution in [0.5, 0.6) is 0 Å². The van der Waals surface area contributed by atoms with Crippen molar-refractivity contribution in [2.24, 2.45) is 0 Å². The molecular formula is C20H25NS. The van der Waals surface area contributed by atoms with Crippen LogP contribution in [0.1, 0.15) is 42.1 Å². The van der Waals surface area contributed by atoms with Gasteiger partial charge in [-0.05, 0) is 50.4 Å². The summed E-state index contributed by atoms with van der Waals surface area (Å²) in [6, 6.07) is 20.6. The highest BCUT2D eigenvalue weighted by Gasteiger charge is 2.20. The molecule has 1 saturated heterocycles. The van der Waals surface area contributed by atoms with E-state index in [-0.39, 0.29) is 0 Å². The van der Waals surface area contributed by atoms with E-state index < -0.39 is 0 Å². The number of aryl methyl sites for hydroxylation is 1. The minimum absolute atomic E-state index is 0.527. The topological polar surface area (TPSA) is 12.0 Å². The summed E-state index contributed by atoms with van der Waals surface area (Å²) in [4.78, 5) is 1.37. The molecule has 2 unspecified atom stereocenters. The fourth-order valence-electron chi connectivity index (χ4n) is 3.08. The van der Waals surface area contributed by atoms with Crippen molar-refractivity contribution in [2.75, 3.05) is 6.54 Å². The molecule has 2 heteroatoms. The monoisotopic (exact) mass is 311 g/mol. The highest BCUT2D eigenvalue weighted by Crippen LogP contribution is 2.39. The summed E-state index contributed by atoms with van der Waals surface area (Å²) in [5.41, 5.74) is 2.77. The maximum Gasteiger partial charge on any atom is 0.0359 e. The van der Waals surface area contributed by atoms with Crippen LogP contribution < -0.4 is 5.32 Å². The van der Waals surface area contributed by atoms with Gasteiger partial charge in [0.25, 0.3) is 0 Å². The first-order chi connectivity index (χ1) is 10.8. The molecule has 1 fully saturated rings. The van der Waals surface area contributed by atoms with E-state index in [0.29, 0.717) is 11.3 Å². The third-order valence-electron chi connectivity index (χ3n) is 4.38. The van der Waals surface area contributed by atoms with Gasteiger partial charge in [-0.3, -0.25) is 0 Å². The first kappa shape index (κ1) is 15.6. The van der Waals surface area contributed by atoms with Crippen molar-refractivity contribution in [3.05, 3.63) is 65.7 Å². The van der Waals surface area contributed by atoms with Gasteiger partial charge in [-0.25, -0.2) is 0 Å². The van der Waals surface area contributed by atoms with Crippen LogP contribution in [0, 0.1) is 6.92 Å². The fraction of sp³-hybridized carbons (Fsp3) is 0.400. The molecule has 2 atom stereocenters. The average Bonchev–Trinajstić information content (AvgIpc) is 2.58.